The summed E-state index contributed by atoms with van der Waals surface area (Å²) >= 11 is 0. The zero-order valence-corrected chi connectivity index (χ0v) is 17.9. The normalized spacial score (nSPS) is 10.8. The lowest BCUT2D eigenvalue weighted by Crippen LogP contribution is -2.36. The van der Waals surface area contributed by atoms with Crippen LogP contribution < -0.4 is 5.56 Å². The van der Waals surface area contributed by atoms with E-state index in [1.807, 2.05) is 72.8 Å². The first-order chi connectivity index (χ1) is 15.7. The van der Waals surface area contributed by atoms with Gasteiger partial charge in [0, 0.05) is 18.5 Å². The maximum absolute atomic E-state index is 13.6. The highest BCUT2D eigenvalue weighted by Gasteiger charge is 2.21. The second-order valence-corrected chi connectivity index (χ2v) is 7.62. The van der Waals surface area contributed by atoms with Gasteiger partial charge in [0.25, 0.3) is 11.5 Å². The van der Waals surface area contributed by atoms with Crippen LogP contribution in [0.25, 0.3) is 10.8 Å². The quantitative estimate of drug-likeness (QED) is 0.397. The van der Waals surface area contributed by atoms with Gasteiger partial charge in [0.1, 0.15) is 0 Å². The van der Waals surface area contributed by atoms with Crippen molar-refractivity contribution in [2.75, 3.05) is 13.1 Å². The fraction of sp³-hybridized carbons (Fsp3) is 0.148. The van der Waals surface area contributed by atoms with E-state index in [4.69, 9.17) is 0 Å². The predicted octanol–water partition coefficient (Wildman–Crippen LogP) is 4.32. The fourth-order valence-electron chi connectivity index (χ4n) is 3.75. The third-order valence-electron chi connectivity index (χ3n) is 5.40. The molecular formula is C27H25N3O2. The Balaban J connectivity index is 1.72. The summed E-state index contributed by atoms with van der Waals surface area (Å²) in [7, 11) is 0. The molecule has 0 aliphatic heterocycles. The molecule has 0 aliphatic carbocycles. The molecular weight excluding hydrogens is 398 g/mol. The molecule has 1 heterocycles. The number of amides is 1. The molecule has 0 fully saturated rings. The first kappa shape index (κ1) is 21.2. The molecule has 32 heavy (non-hydrogen) atoms. The van der Waals surface area contributed by atoms with E-state index in [9.17, 15) is 9.59 Å². The van der Waals surface area contributed by atoms with E-state index >= 15 is 0 Å². The molecule has 160 valence electrons. The van der Waals surface area contributed by atoms with Crippen molar-refractivity contribution in [1.82, 2.24) is 14.7 Å². The van der Waals surface area contributed by atoms with Crippen LogP contribution >= 0.6 is 0 Å². The molecule has 1 aromatic heterocycles. The number of hydrogen-bond donors (Lipinski definition) is 0. The van der Waals surface area contributed by atoms with Gasteiger partial charge in [-0.1, -0.05) is 84.9 Å². The van der Waals surface area contributed by atoms with E-state index in [0.717, 1.165) is 17.5 Å². The summed E-state index contributed by atoms with van der Waals surface area (Å²) in [6, 6.07) is 26.9. The van der Waals surface area contributed by atoms with Gasteiger partial charge < -0.3 is 4.90 Å². The number of benzene rings is 3. The Kier molecular flexibility index (Phi) is 6.56. The van der Waals surface area contributed by atoms with Crippen LogP contribution in [0.5, 0.6) is 0 Å². The van der Waals surface area contributed by atoms with Crippen LogP contribution in [0.1, 0.15) is 21.6 Å². The van der Waals surface area contributed by atoms with Gasteiger partial charge in [-0.25, -0.2) is 4.68 Å². The van der Waals surface area contributed by atoms with Gasteiger partial charge in [-0.15, -0.1) is 6.58 Å². The molecule has 4 aromatic rings. The zero-order chi connectivity index (χ0) is 22.3. The zero-order valence-electron chi connectivity index (χ0n) is 17.9. The monoisotopic (exact) mass is 423 g/mol. The molecule has 0 atom stereocenters. The minimum absolute atomic E-state index is 0.208. The van der Waals surface area contributed by atoms with E-state index in [0.29, 0.717) is 30.4 Å². The lowest BCUT2D eigenvalue weighted by atomic mass is 10.1. The summed E-state index contributed by atoms with van der Waals surface area (Å²) < 4.78 is 1.38. The molecule has 0 saturated carbocycles. The molecule has 0 radical (unpaired) electrons. The SMILES string of the molecule is C=CCN(CCc1ccccc1)C(=O)c1nn(Cc2ccccc2)c(=O)c2ccccc12. The summed E-state index contributed by atoms with van der Waals surface area (Å²) in [5.74, 6) is -0.209. The number of aromatic nitrogens is 2. The summed E-state index contributed by atoms with van der Waals surface area (Å²) in [6.45, 7) is 5.05. The van der Waals surface area contributed by atoms with Gasteiger partial charge in [-0.3, -0.25) is 9.59 Å². The van der Waals surface area contributed by atoms with Gasteiger partial charge in [0.15, 0.2) is 5.69 Å². The summed E-state index contributed by atoms with van der Waals surface area (Å²) in [4.78, 5) is 28.4. The summed E-state index contributed by atoms with van der Waals surface area (Å²) in [5.41, 5.74) is 2.18. The maximum atomic E-state index is 13.6. The second-order valence-electron chi connectivity index (χ2n) is 7.62. The van der Waals surface area contributed by atoms with E-state index in [-0.39, 0.29) is 17.2 Å². The predicted molar refractivity (Wildman–Crippen MR) is 128 cm³/mol. The number of rotatable bonds is 8. The number of hydrogen-bond acceptors (Lipinski definition) is 3. The smallest absolute Gasteiger partial charge is 0.275 e. The van der Waals surface area contributed by atoms with Crippen molar-refractivity contribution < 1.29 is 4.79 Å². The number of carbonyl (C=O) groups excluding carboxylic acids is 1. The van der Waals surface area contributed by atoms with Crippen LogP contribution in [-0.4, -0.2) is 33.7 Å². The molecule has 3 aromatic carbocycles. The van der Waals surface area contributed by atoms with Crippen molar-refractivity contribution in [3.63, 3.8) is 0 Å². The van der Waals surface area contributed by atoms with Crippen LogP contribution in [0.2, 0.25) is 0 Å². The second kappa shape index (κ2) is 9.88. The summed E-state index contributed by atoms with van der Waals surface area (Å²) in [5, 5.41) is 5.59. The first-order valence-corrected chi connectivity index (χ1v) is 10.7. The lowest BCUT2D eigenvalue weighted by molar-refractivity contribution is 0.0769. The molecule has 0 spiro atoms. The van der Waals surface area contributed by atoms with E-state index in [1.165, 1.54) is 4.68 Å². The average Bonchev–Trinajstić information content (AvgIpc) is 2.84. The Morgan fingerprint density at radius 3 is 2.12 bits per heavy atom. The van der Waals surface area contributed by atoms with Crippen LogP contribution in [0, 0.1) is 0 Å². The minimum atomic E-state index is -0.209. The standard InChI is InChI=1S/C27H25N3O2/c1-2-18-29(19-17-21-11-5-3-6-12-21)27(32)25-23-15-9-10-16-24(23)26(31)30(28-25)20-22-13-7-4-8-14-22/h2-16H,1,17-20H2. The Labute approximate surface area is 187 Å². The fourth-order valence-corrected chi connectivity index (χ4v) is 3.75. The van der Waals surface area contributed by atoms with Gasteiger partial charge in [-0.05, 0) is 23.6 Å². The molecule has 5 nitrogen and oxygen atoms in total. The van der Waals surface area contributed by atoms with Gasteiger partial charge >= 0.3 is 0 Å². The Bertz CT molecular complexity index is 1280. The third kappa shape index (κ3) is 4.67. The largest absolute Gasteiger partial charge is 0.333 e. The van der Waals surface area contributed by atoms with Gasteiger partial charge in [-0.2, -0.15) is 5.10 Å². The van der Waals surface area contributed by atoms with Crippen molar-refractivity contribution in [2.45, 2.75) is 13.0 Å². The van der Waals surface area contributed by atoms with Crippen molar-refractivity contribution in [3.8, 4) is 0 Å². The molecule has 1 amide bonds. The molecule has 0 aliphatic rings. The van der Waals surface area contributed by atoms with E-state index in [1.54, 1.807) is 23.1 Å². The highest BCUT2D eigenvalue weighted by atomic mass is 16.2. The van der Waals surface area contributed by atoms with E-state index < -0.39 is 0 Å². The summed E-state index contributed by atoms with van der Waals surface area (Å²) in [6.07, 6.45) is 2.44. The van der Waals surface area contributed by atoms with E-state index in [2.05, 4.69) is 11.7 Å². The lowest BCUT2D eigenvalue weighted by Gasteiger charge is -2.22. The molecule has 5 heteroatoms. The van der Waals surface area contributed by atoms with Crippen LogP contribution in [0.15, 0.2) is 102 Å². The first-order valence-electron chi connectivity index (χ1n) is 10.7. The topological polar surface area (TPSA) is 55.2 Å². The highest BCUT2D eigenvalue weighted by Crippen LogP contribution is 2.16. The minimum Gasteiger partial charge on any atom is -0.333 e. The molecule has 0 unspecified atom stereocenters. The molecule has 0 bridgehead atoms. The van der Waals surface area contributed by atoms with Crippen molar-refractivity contribution in [1.29, 1.82) is 0 Å². The Morgan fingerprint density at radius 2 is 1.47 bits per heavy atom. The molecule has 0 saturated heterocycles. The Morgan fingerprint density at radius 1 is 0.875 bits per heavy atom. The van der Waals surface area contributed by atoms with Crippen LogP contribution in [0.4, 0.5) is 0 Å². The number of nitrogens with zero attached hydrogens (tertiary/aromatic N) is 3. The van der Waals surface area contributed by atoms with Crippen molar-refractivity contribution >= 4 is 16.7 Å². The number of carbonyl (C=O) groups is 1. The maximum Gasteiger partial charge on any atom is 0.275 e. The Hall–Kier alpha value is -3.99. The van der Waals surface area contributed by atoms with Gasteiger partial charge in [0.05, 0.1) is 11.9 Å². The van der Waals surface area contributed by atoms with Crippen LogP contribution in [0.3, 0.4) is 0 Å². The third-order valence-corrected chi connectivity index (χ3v) is 5.40. The van der Waals surface area contributed by atoms with Crippen molar-refractivity contribution in [3.05, 3.63) is 125 Å². The molecule has 4 rings (SSSR count). The van der Waals surface area contributed by atoms with Gasteiger partial charge in [0.2, 0.25) is 0 Å². The average molecular weight is 424 g/mol. The number of fused-ring (bicyclic) bond motifs is 1. The van der Waals surface area contributed by atoms with Crippen LogP contribution in [-0.2, 0) is 13.0 Å². The van der Waals surface area contributed by atoms with Crippen molar-refractivity contribution in [2.24, 2.45) is 0 Å². The highest BCUT2D eigenvalue weighted by molar-refractivity contribution is 6.04. The molecule has 0 N–H and O–H groups in total.